The number of ether oxygens (including phenoxy) is 1. The fourth-order valence-electron chi connectivity index (χ4n) is 2.01. The van der Waals surface area contributed by atoms with Gasteiger partial charge in [0.25, 0.3) is 0 Å². The molecular weight excluding hydrogens is 216 g/mol. The molecule has 0 aromatic carbocycles. The minimum absolute atomic E-state index is 0.215. The second-order valence-electron chi connectivity index (χ2n) is 4.62. The Balaban J connectivity index is 2.08. The molecule has 1 rings (SSSR count). The lowest BCUT2D eigenvalue weighted by molar-refractivity contribution is -0.144. The van der Waals surface area contributed by atoms with Crippen LogP contribution >= 0.6 is 0 Å². The van der Waals surface area contributed by atoms with Crippen molar-refractivity contribution in [2.75, 3.05) is 6.61 Å². The van der Waals surface area contributed by atoms with Crippen LogP contribution in [0.5, 0.6) is 0 Å². The molecule has 2 unspecified atom stereocenters. The Morgan fingerprint density at radius 2 is 2.06 bits per heavy atom. The molecule has 17 heavy (non-hydrogen) atoms. The normalized spacial score (nSPS) is 19.7. The molecule has 1 aliphatic rings. The fraction of sp³-hybridized carbons (Fsp3) is 0.786. The highest BCUT2D eigenvalue weighted by molar-refractivity contribution is 5.83. The molecule has 0 amide bonds. The van der Waals surface area contributed by atoms with Gasteiger partial charge < -0.3 is 9.84 Å². The van der Waals surface area contributed by atoms with E-state index in [2.05, 4.69) is 6.92 Å². The van der Waals surface area contributed by atoms with E-state index in [0.29, 0.717) is 6.61 Å². The Hall–Kier alpha value is -0.830. The van der Waals surface area contributed by atoms with Gasteiger partial charge in [-0.1, -0.05) is 45.1 Å². The van der Waals surface area contributed by atoms with E-state index >= 15 is 0 Å². The van der Waals surface area contributed by atoms with Gasteiger partial charge >= 0.3 is 5.97 Å². The third-order valence-corrected chi connectivity index (χ3v) is 3.12. The van der Waals surface area contributed by atoms with Gasteiger partial charge in [-0.15, -0.1) is 0 Å². The first-order valence-corrected chi connectivity index (χ1v) is 6.77. The summed E-state index contributed by atoms with van der Waals surface area (Å²) in [6, 6.07) is 0. The smallest absolute Gasteiger partial charge is 0.317 e. The van der Waals surface area contributed by atoms with Crippen molar-refractivity contribution in [2.24, 2.45) is 5.92 Å². The highest BCUT2D eigenvalue weighted by Gasteiger charge is 2.37. The highest BCUT2D eigenvalue weighted by atomic mass is 16.5. The predicted octanol–water partition coefficient (Wildman–Crippen LogP) is 2.83. The zero-order valence-corrected chi connectivity index (χ0v) is 10.9. The van der Waals surface area contributed by atoms with Crippen LogP contribution < -0.4 is 0 Å². The van der Waals surface area contributed by atoms with Gasteiger partial charge in [-0.05, 0) is 18.9 Å². The number of esters is 1. The summed E-state index contributed by atoms with van der Waals surface area (Å²) in [6.45, 7) is 4.39. The monoisotopic (exact) mass is 240 g/mol. The van der Waals surface area contributed by atoms with Gasteiger partial charge in [0.05, 0.1) is 18.6 Å². The quantitative estimate of drug-likeness (QED) is 0.383. The van der Waals surface area contributed by atoms with E-state index in [4.69, 9.17) is 4.74 Å². The summed E-state index contributed by atoms with van der Waals surface area (Å²) in [5, 5.41) is 9.86. The molecule has 0 fully saturated rings. The van der Waals surface area contributed by atoms with E-state index in [1.807, 2.05) is 6.08 Å². The number of unbranched alkanes of at least 4 members (excludes halogenated alkanes) is 4. The first kappa shape index (κ1) is 14.2. The molecule has 0 aliphatic heterocycles. The van der Waals surface area contributed by atoms with Crippen molar-refractivity contribution < 1.29 is 14.6 Å². The number of hydrogen-bond donors (Lipinski definition) is 1. The summed E-state index contributed by atoms with van der Waals surface area (Å²) >= 11 is 0. The minimum Gasteiger partial charge on any atom is -0.465 e. The standard InChI is InChI=1S/C14H24O3/c1-3-5-6-7-8-9-13(15)11-10-12(11)14(16)17-4-2/h10,12-13,15H,3-9H2,1-2H3. The van der Waals surface area contributed by atoms with Crippen molar-refractivity contribution in [3.05, 3.63) is 11.6 Å². The summed E-state index contributed by atoms with van der Waals surface area (Å²) in [5.74, 6) is -0.451. The van der Waals surface area contributed by atoms with Gasteiger partial charge in [-0.25, -0.2) is 0 Å². The summed E-state index contributed by atoms with van der Waals surface area (Å²) in [7, 11) is 0. The van der Waals surface area contributed by atoms with Crippen molar-refractivity contribution in [1.29, 1.82) is 0 Å². The highest BCUT2D eigenvalue weighted by Crippen LogP contribution is 2.34. The molecule has 0 saturated carbocycles. The van der Waals surface area contributed by atoms with Gasteiger partial charge in [0.2, 0.25) is 0 Å². The van der Waals surface area contributed by atoms with Crippen LogP contribution in [0, 0.1) is 5.92 Å². The van der Waals surface area contributed by atoms with E-state index in [0.717, 1.165) is 18.4 Å². The van der Waals surface area contributed by atoms with Gasteiger partial charge in [0.1, 0.15) is 0 Å². The molecule has 1 aliphatic carbocycles. The van der Waals surface area contributed by atoms with Crippen molar-refractivity contribution in [3.63, 3.8) is 0 Å². The average Bonchev–Trinajstić information content (AvgIpc) is 3.09. The third-order valence-electron chi connectivity index (χ3n) is 3.12. The van der Waals surface area contributed by atoms with Gasteiger partial charge in [-0.3, -0.25) is 4.79 Å². The van der Waals surface area contributed by atoms with Gasteiger partial charge in [-0.2, -0.15) is 0 Å². The topological polar surface area (TPSA) is 46.5 Å². The lowest BCUT2D eigenvalue weighted by Crippen LogP contribution is -2.14. The molecule has 0 saturated heterocycles. The van der Waals surface area contributed by atoms with Crippen LogP contribution in [0.4, 0.5) is 0 Å². The van der Waals surface area contributed by atoms with E-state index in [9.17, 15) is 9.90 Å². The molecule has 98 valence electrons. The number of aliphatic hydroxyl groups excluding tert-OH is 1. The maximum absolute atomic E-state index is 11.3. The molecule has 0 spiro atoms. The second-order valence-corrected chi connectivity index (χ2v) is 4.62. The van der Waals surface area contributed by atoms with Crippen LogP contribution in [0.25, 0.3) is 0 Å². The molecule has 0 aromatic rings. The lowest BCUT2D eigenvalue weighted by Gasteiger charge is -2.08. The zero-order valence-electron chi connectivity index (χ0n) is 10.9. The first-order valence-electron chi connectivity index (χ1n) is 6.77. The van der Waals surface area contributed by atoms with Crippen molar-refractivity contribution in [2.45, 2.75) is 58.5 Å². The average molecular weight is 240 g/mol. The largest absolute Gasteiger partial charge is 0.465 e. The van der Waals surface area contributed by atoms with Gasteiger partial charge in [0.15, 0.2) is 0 Å². The molecule has 0 aromatic heterocycles. The van der Waals surface area contributed by atoms with Crippen LogP contribution in [-0.2, 0) is 9.53 Å². The molecule has 3 heteroatoms. The number of carbonyl (C=O) groups is 1. The Bertz CT molecular complexity index is 271. The van der Waals surface area contributed by atoms with Crippen molar-refractivity contribution in [1.82, 2.24) is 0 Å². The first-order chi connectivity index (χ1) is 8.20. The maximum Gasteiger partial charge on any atom is 0.317 e. The van der Waals surface area contributed by atoms with Crippen LogP contribution in [-0.4, -0.2) is 23.8 Å². The Morgan fingerprint density at radius 1 is 1.35 bits per heavy atom. The molecule has 0 radical (unpaired) electrons. The molecule has 0 heterocycles. The predicted molar refractivity (Wildman–Crippen MR) is 67.6 cm³/mol. The zero-order chi connectivity index (χ0) is 12.7. The number of carbonyl (C=O) groups excluding carboxylic acids is 1. The lowest BCUT2D eigenvalue weighted by atomic mass is 10.1. The Labute approximate surface area is 104 Å². The summed E-state index contributed by atoms with van der Waals surface area (Å²) in [5.41, 5.74) is 0.860. The fourth-order valence-corrected chi connectivity index (χ4v) is 2.01. The van der Waals surface area contributed by atoms with Crippen LogP contribution in [0.2, 0.25) is 0 Å². The summed E-state index contributed by atoms with van der Waals surface area (Å²) < 4.78 is 4.90. The van der Waals surface area contributed by atoms with Crippen molar-refractivity contribution >= 4 is 5.97 Å². The Kier molecular flexibility index (Phi) is 6.27. The molecule has 2 atom stereocenters. The summed E-state index contributed by atoms with van der Waals surface area (Å²) in [4.78, 5) is 11.3. The van der Waals surface area contributed by atoms with Gasteiger partial charge in [0, 0.05) is 0 Å². The van der Waals surface area contributed by atoms with Crippen LogP contribution in [0.1, 0.15) is 52.4 Å². The van der Waals surface area contributed by atoms with E-state index in [1.54, 1.807) is 6.92 Å². The number of aliphatic hydroxyl groups is 1. The number of hydrogen-bond acceptors (Lipinski definition) is 3. The Morgan fingerprint density at radius 3 is 2.71 bits per heavy atom. The van der Waals surface area contributed by atoms with Crippen LogP contribution in [0.3, 0.4) is 0 Å². The molecular formula is C14H24O3. The van der Waals surface area contributed by atoms with Crippen LogP contribution in [0.15, 0.2) is 11.6 Å². The van der Waals surface area contributed by atoms with Crippen molar-refractivity contribution in [3.8, 4) is 0 Å². The molecule has 1 N–H and O–H groups in total. The SMILES string of the molecule is CCCCCCCC(O)C1=CC1C(=O)OCC. The molecule has 0 bridgehead atoms. The summed E-state index contributed by atoms with van der Waals surface area (Å²) in [6.07, 6.45) is 8.09. The van der Waals surface area contributed by atoms with E-state index in [-0.39, 0.29) is 11.9 Å². The van der Waals surface area contributed by atoms with E-state index < -0.39 is 6.10 Å². The maximum atomic E-state index is 11.3. The van der Waals surface area contributed by atoms with E-state index in [1.165, 1.54) is 25.7 Å². The molecule has 3 nitrogen and oxygen atoms in total. The second kappa shape index (κ2) is 7.49. The number of rotatable bonds is 9. The third kappa shape index (κ3) is 4.90. The minimum atomic E-state index is -0.439.